The van der Waals surface area contributed by atoms with Gasteiger partial charge in [-0.1, -0.05) is 32.0 Å². The molecule has 1 aromatic carbocycles. The van der Waals surface area contributed by atoms with Crippen LogP contribution < -0.4 is 0 Å². The Kier molecular flexibility index (Phi) is 6.37. The average Bonchev–Trinajstić information content (AvgIpc) is 2.85. The third-order valence-electron chi connectivity index (χ3n) is 6.68. The Bertz CT molecular complexity index is 763. The predicted molar refractivity (Wildman–Crippen MR) is 117 cm³/mol. The average molecular weight is 400 g/mol. The van der Waals surface area contributed by atoms with E-state index in [1.165, 1.54) is 21.6 Å². The van der Waals surface area contributed by atoms with Gasteiger partial charge in [-0.05, 0) is 69.6 Å². The summed E-state index contributed by atoms with van der Waals surface area (Å²) >= 11 is 0. The van der Waals surface area contributed by atoms with Crippen LogP contribution in [-0.2, 0) is 11.3 Å². The lowest BCUT2D eigenvalue weighted by Gasteiger charge is -2.42. The number of carbonyl (C=O) groups excluding carboxylic acids is 2. The topological polar surface area (TPSA) is 43.9 Å². The highest BCUT2D eigenvalue weighted by Crippen LogP contribution is 2.39. The summed E-state index contributed by atoms with van der Waals surface area (Å²) in [5, 5.41) is 0. The minimum absolute atomic E-state index is 0.0205. The van der Waals surface area contributed by atoms with E-state index in [9.17, 15) is 9.59 Å². The zero-order valence-corrected chi connectivity index (χ0v) is 19.0. The maximum atomic E-state index is 13.4. The number of hydrogen-bond donors (Lipinski definition) is 0. The van der Waals surface area contributed by atoms with Crippen LogP contribution in [0, 0.1) is 19.8 Å². The van der Waals surface area contributed by atoms with Gasteiger partial charge in [-0.25, -0.2) is 4.79 Å². The van der Waals surface area contributed by atoms with E-state index in [2.05, 4.69) is 50.8 Å². The van der Waals surface area contributed by atoms with Gasteiger partial charge < -0.3 is 4.90 Å². The van der Waals surface area contributed by atoms with Gasteiger partial charge in [-0.15, -0.1) is 0 Å². The first-order valence-electron chi connectivity index (χ1n) is 11.1. The first-order chi connectivity index (χ1) is 13.7. The maximum absolute atomic E-state index is 13.4. The Morgan fingerprint density at radius 1 is 1.00 bits per heavy atom. The van der Waals surface area contributed by atoms with Crippen LogP contribution in [0.4, 0.5) is 4.79 Å². The molecule has 2 saturated heterocycles. The SMILES string of the molecule is Cc1ccc(CN2CCC3(CC2)C(=O)N(C(C)C)C(=O)N3CCC(C)C)cc1C. The number of likely N-dealkylation sites (tertiary alicyclic amines) is 1. The second-order valence-corrected chi connectivity index (χ2v) is 9.61. The third kappa shape index (κ3) is 4.20. The lowest BCUT2D eigenvalue weighted by atomic mass is 9.85. The molecule has 0 unspecified atom stereocenters. The van der Waals surface area contributed by atoms with Crippen molar-refractivity contribution in [3.05, 3.63) is 34.9 Å². The number of hydrogen-bond acceptors (Lipinski definition) is 3. The van der Waals surface area contributed by atoms with E-state index < -0.39 is 5.54 Å². The summed E-state index contributed by atoms with van der Waals surface area (Å²) in [6.45, 7) is 15.8. The summed E-state index contributed by atoms with van der Waals surface area (Å²) in [6, 6.07) is 6.47. The van der Waals surface area contributed by atoms with Crippen molar-refractivity contribution in [1.29, 1.82) is 0 Å². The van der Waals surface area contributed by atoms with Crippen LogP contribution >= 0.6 is 0 Å². The fourth-order valence-electron chi connectivity index (χ4n) is 4.62. The molecule has 2 heterocycles. The van der Waals surface area contributed by atoms with Crippen molar-refractivity contribution in [2.75, 3.05) is 19.6 Å². The number of benzene rings is 1. The van der Waals surface area contributed by atoms with Crippen molar-refractivity contribution in [2.45, 2.75) is 78.9 Å². The van der Waals surface area contributed by atoms with E-state index in [1.807, 2.05) is 18.7 Å². The highest BCUT2D eigenvalue weighted by molar-refractivity contribution is 6.07. The Labute approximate surface area is 176 Å². The van der Waals surface area contributed by atoms with Crippen molar-refractivity contribution in [3.63, 3.8) is 0 Å². The molecular formula is C24H37N3O2. The van der Waals surface area contributed by atoms with Gasteiger partial charge in [0.05, 0.1) is 0 Å². The lowest BCUT2D eigenvalue weighted by molar-refractivity contribution is -0.136. The molecule has 2 aliphatic heterocycles. The fourth-order valence-corrected chi connectivity index (χ4v) is 4.62. The summed E-state index contributed by atoms with van der Waals surface area (Å²) < 4.78 is 0. The molecule has 5 heteroatoms. The van der Waals surface area contributed by atoms with E-state index in [4.69, 9.17) is 0 Å². The number of rotatable bonds is 6. The standard InChI is InChI=1S/C24H37N3O2/c1-17(2)9-12-26-23(29)27(18(3)4)22(28)24(26)10-13-25(14-11-24)16-21-8-7-19(5)20(6)15-21/h7-8,15,17-18H,9-14,16H2,1-6H3. The number of aryl methyl sites for hydroxylation is 2. The Balaban J connectivity index is 1.75. The molecule has 3 rings (SSSR count). The maximum Gasteiger partial charge on any atom is 0.327 e. The van der Waals surface area contributed by atoms with E-state index in [0.29, 0.717) is 12.5 Å². The Hall–Kier alpha value is -1.88. The van der Waals surface area contributed by atoms with Crippen LogP contribution in [0.3, 0.4) is 0 Å². The van der Waals surface area contributed by atoms with Crippen LogP contribution in [0.15, 0.2) is 18.2 Å². The normalized spacial score (nSPS) is 20.0. The smallest absolute Gasteiger partial charge is 0.309 e. The third-order valence-corrected chi connectivity index (χ3v) is 6.68. The molecule has 1 aromatic rings. The van der Waals surface area contributed by atoms with Crippen LogP contribution in [0.1, 0.15) is 63.6 Å². The number of imide groups is 1. The molecule has 5 nitrogen and oxygen atoms in total. The molecule has 29 heavy (non-hydrogen) atoms. The Morgan fingerprint density at radius 3 is 2.21 bits per heavy atom. The minimum atomic E-state index is -0.643. The first kappa shape index (κ1) is 21.8. The molecule has 2 fully saturated rings. The van der Waals surface area contributed by atoms with Gasteiger partial charge in [0.1, 0.15) is 5.54 Å². The second-order valence-electron chi connectivity index (χ2n) is 9.61. The number of amides is 3. The zero-order valence-electron chi connectivity index (χ0n) is 19.0. The summed E-state index contributed by atoms with van der Waals surface area (Å²) in [5.74, 6) is 0.528. The van der Waals surface area contributed by atoms with Crippen molar-refractivity contribution < 1.29 is 9.59 Å². The molecule has 0 atom stereocenters. The number of piperidine rings is 1. The van der Waals surface area contributed by atoms with Crippen molar-refractivity contribution in [2.24, 2.45) is 5.92 Å². The van der Waals surface area contributed by atoms with Crippen LogP contribution in [0.2, 0.25) is 0 Å². The molecule has 0 bridgehead atoms. The van der Waals surface area contributed by atoms with Gasteiger partial charge in [0.15, 0.2) is 0 Å². The fraction of sp³-hybridized carbons (Fsp3) is 0.667. The summed E-state index contributed by atoms with van der Waals surface area (Å²) in [7, 11) is 0. The summed E-state index contributed by atoms with van der Waals surface area (Å²) in [6.07, 6.45) is 2.38. The highest BCUT2D eigenvalue weighted by atomic mass is 16.2. The predicted octanol–water partition coefficient (Wildman–Crippen LogP) is 4.36. The molecule has 0 aliphatic carbocycles. The number of carbonyl (C=O) groups is 2. The molecule has 3 amide bonds. The van der Waals surface area contributed by atoms with Gasteiger partial charge in [0.25, 0.3) is 5.91 Å². The minimum Gasteiger partial charge on any atom is -0.309 e. The monoisotopic (exact) mass is 399 g/mol. The summed E-state index contributed by atoms with van der Waals surface area (Å²) in [5.41, 5.74) is 3.31. The largest absolute Gasteiger partial charge is 0.327 e. The Morgan fingerprint density at radius 2 is 1.66 bits per heavy atom. The van der Waals surface area contributed by atoms with Gasteiger partial charge in [-0.3, -0.25) is 14.6 Å². The van der Waals surface area contributed by atoms with E-state index in [-0.39, 0.29) is 18.0 Å². The molecular weight excluding hydrogens is 362 g/mol. The second kappa shape index (κ2) is 8.47. The van der Waals surface area contributed by atoms with Crippen molar-refractivity contribution >= 4 is 11.9 Å². The zero-order chi connectivity index (χ0) is 21.3. The van der Waals surface area contributed by atoms with Gasteiger partial charge in [0.2, 0.25) is 0 Å². The van der Waals surface area contributed by atoms with Crippen molar-refractivity contribution in [3.8, 4) is 0 Å². The van der Waals surface area contributed by atoms with Gasteiger partial charge in [-0.2, -0.15) is 0 Å². The van der Waals surface area contributed by atoms with E-state index in [1.54, 1.807) is 0 Å². The molecule has 0 aromatic heterocycles. The number of nitrogens with zero attached hydrogens (tertiary/aromatic N) is 3. The summed E-state index contributed by atoms with van der Waals surface area (Å²) in [4.78, 5) is 32.3. The highest BCUT2D eigenvalue weighted by Gasteiger charge is 2.58. The molecule has 160 valence electrons. The number of urea groups is 1. The molecule has 1 spiro atoms. The molecule has 2 aliphatic rings. The quantitative estimate of drug-likeness (QED) is 0.668. The molecule has 0 radical (unpaired) electrons. The van der Waals surface area contributed by atoms with E-state index in [0.717, 1.165) is 38.9 Å². The van der Waals surface area contributed by atoms with Crippen LogP contribution in [-0.4, -0.2) is 57.9 Å². The van der Waals surface area contributed by atoms with Crippen LogP contribution in [0.5, 0.6) is 0 Å². The van der Waals surface area contributed by atoms with Crippen LogP contribution in [0.25, 0.3) is 0 Å². The van der Waals surface area contributed by atoms with E-state index >= 15 is 0 Å². The molecule has 0 N–H and O–H groups in total. The first-order valence-corrected chi connectivity index (χ1v) is 11.1. The van der Waals surface area contributed by atoms with Gasteiger partial charge >= 0.3 is 6.03 Å². The van der Waals surface area contributed by atoms with Gasteiger partial charge in [0, 0.05) is 32.2 Å². The lowest BCUT2D eigenvalue weighted by Crippen LogP contribution is -2.56. The molecule has 0 saturated carbocycles. The van der Waals surface area contributed by atoms with Crippen molar-refractivity contribution in [1.82, 2.24) is 14.7 Å².